The molecule has 1 rings (SSSR count). The Labute approximate surface area is 105 Å². The van der Waals surface area contributed by atoms with Gasteiger partial charge in [-0.05, 0) is 21.0 Å². The number of halogens is 1. The Kier molecular flexibility index (Phi) is 3.49. The monoisotopic (exact) mass is 301 g/mol. The number of nitrogens with zero attached hydrogens (tertiary/aromatic N) is 1. The summed E-state index contributed by atoms with van der Waals surface area (Å²) in [6, 6.07) is 0. The molecule has 0 atom stereocenters. The summed E-state index contributed by atoms with van der Waals surface area (Å²) in [6.45, 7) is 11.5. The number of hydrogen-bond donors (Lipinski definition) is 0. The average molecular weight is 302 g/mol. The van der Waals surface area contributed by atoms with E-state index < -0.39 is 8.07 Å². The normalized spacial score (nSPS) is 12.6. The Hall–Kier alpha value is -0.113. The molecule has 0 bridgehead atoms. The van der Waals surface area contributed by atoms with Crippen LogP contribution in [0, 0.1) is 12.3 Å². The summed E-state index contributed by atoms with van der Waals surface area (Å²) < 4.78 is 2.06. The van der Waals surface area contributed by atoms with Crippen molar-refractivity contribution in [3.8, 4) is 12.3 Å². The van der Waals surface area contributed by atoms with Crippen LogP contribution in [0.2, 0.25) is 18.1 Å². The molecule has 0 aliphatic carbocycles. The maximum Gasteiger partial charge on any atom is 0.132 e. The van der Waals surface area contributed by atoms with Crippen molar-refractivity contribution >= 4 is 40.0 Å². The highest BCUT2D eigenvalue weighted by Gasteiger charge is 2.40. The summed E-state index contributed by atoms with van der Waals surface area (Å²) in [5.74, 6) is 2.67. The second-order valence-electron chi connectivity index (χ2n) is 5.16. The standard InChI is InChI=1S/C11H16BrNSSi/c1-7-8-9(12)13-10(14-8)15(5,6)11(2,3)4/h1H,2-6H3. The summed E-state index contributed by atoms with van der Waals surface area (Å²) >= 11 is 5.08. The van der Waals surface area contributed by atoms with E-state index in [0.717, 1.165) is 9.48 Å². The second-order valence-corrected chi connectivity index (χ2v) is 12.5. The van der Waals surface area contributed by atoms with Gasteiger partial charge >= 0.3 is 0 Å². The van der Waals surface area contributed by atoms with E-state index in [1.165, 1.54) is 4.63 Å². The molecule has 0 aliphatic rings. The number of aromatic nitrogens is 1. The van der Waals surface area contributed by atoms with Crippen molar-refractivity contribution in [2.24, 2.45) is 0 Å². The van der Waals surface area contributed by atoms with Gasteiger partial charge in [0, 0.05) is 0 Å². The predicted molar refractivity (Wildman–Crippen MR) is 74.6 cm³/mol. The van der Waals surface area contributed by atoms with Crippen molar-refractivity contribution in [1.82, 2.24) is 4.98 Å². The average Bonchev–Trinajstić information content (AvgIpc) is 2.45. The second kappa shape index (κ2) is 4.04. The van der Waals surface area contributed by atoms with E-state index in [9.17, 15) is 0 Å². The Morgan fingerprint density at radius 2 is 1.93 bits per heavy atom. The van der Waals surface area contributed by atoms with E-state index in [4.69, 9.17) is 6.42 Å². The quantitative estimate of drug-likeness (QED) is 0.570. The summed E-state index contributed by atoms with van der Waals surface area (Å²) in [6.07, 6.45) is 5.42. The van der Waals surface area contributed by atoms with Crippen LogP contribution in [0.25, 0.3) is 0 Å². The molecule has 82 valence electrons. The SMILES string of the molecule is C#Cc1sc([Si](C)(C)C(C)(C)C)nc1Br. The third kappa shape index (κ3) is 2.35. The molecule has 0 amide bonds. The van der Waals surface area contributed by atoms with Crippen molar-refractivity contribution in [3.05, 3.63) is 9.48 Å². The summed E-state index contributed by atoms with van der Waals surface area (Å²) in [4.78, 5) is 5.49. The van der Waals surface area contributed by atoms with E-state index in [1.54, 1.807) is 11.3 Å². The van der Waals surface area contributed by atoms with Crippen LogP contribution in [0.3, 0.4) is 0 Å². The fourth-order valence-electron chi connectivity index (χ4n) is 0.979. The number of hydrogen-bond acceptors (Lipinski definition) is 2. The molecular formula is C11H16BrNSSi. The van der Waals surface area contributed by atoms with E-state index in [2.05, 4.69) is 60.7 Å². The van der Waals surface area contributed by atoms with Crippen molar-refractivity contribution in [3.63, 3.8) is 0 Å². The lowest BCUT2D eigenvalue weighted by Crippen LogP contribution is -2.49. The first-order valence-electron chi connectivity index (χ1n) is 4.83. The van der Waals surface area contributed by atoms with E-state index in [0.29, 0.717) is 5.04 Å². The van der Waals surface area contributed by atoms with Crippen LogP contribution in [-0.2, 0) is 0 Å². The number of rotatable bonds is 1. The molecule has 1 aromatic rings. The van der Waals surface area contributed by atoms with E-state index in [1.807, 2.05) is 0 Å². The third-order valence-electron chi connectivity index (χ3n) is 3.13. The van der Waals surface area contributed by atoms with E-state index in [-0.39, 0.29) is 0 Å². The first-order valence-corrected chi connectivity index (χ1v) is 9.44. The molecule has 1 aromatic heterocycles. The zero-order valence-electron chi connectivity index (χ0n) is 9.81. The molecular weight excluding hydrogens is 286 g/mol. The molecule has 0 unspecified atom stereocenters. The van der Waals surface area contributed by atoms with Crippen molar-refractivity contribution in [1.29, 1.82) is 0 Å². The molecule has 0 radical (unpaired) electrons. The molecule has 0 fully saturated rings. The van der Waals surface area contributed by atoms with Gasteiger partial charge in [0.15, 0.2) is 0 Å². The van der Waals surface area contributed by atoms with Crippen LogP contribution in [0.1, 0.15) is 25.6 Å². The highest BCUT2D eigenvalue weighted by molar-refractivity contribution is 9.10. The summed E-state index contributed by atoms with van der Waals surface area (Å²) in [5, 5.41) is 0.302. The molecule has 4 heteroatoms. The molecule has 1 heterocycles. The molecule has 0 spiro atoms. The maximum atomic E-state index is 5.42. The van der Waals surface area contributed by atoms with Gasteiger partial charge in [-0.25, -0.2) is 4.98 Å². The molecule has 0 saturated heterocycles. The van der Waals surface area contributed by atoms with Crippen LogP contribution in [0.4, 0.5) is 0 Å². The Bertz CT molecular complexity index is 409. The zero-order valence-corrected chi connectivity index (χ0v) is 13.2. The Morgan fingerprint density at radius 1 is 1.40 bits per heavy atom. The highest BCUT2D eigenvalue weighted by atomic mass is 79.9. The zero-order chi connectivity index (χ0) is 11.9. The van der Waals surface area contributed by atoms with Gasteiger partial charge in [0.1, 0.15) is 17.6 Å². The summed E-state index contributed by atoms with van der Waals surface area (Å²) in [7, 11) is -1.53. The van der Waals surface area contributed by atoms with Crippen LogP contribution in [0.5, 0.6) is 0 Å². The Balaban J connectivity index is 3.24. The molecule has 0 aliphatic heterocycles. The van der Waals surface area contributed by atoms with Crippen LogP contribution in [0.15, 0.2) is 4.60 Å². The van der Waals surface area contributed by atoms with Gasteiger partial charge in [0.2, 0.25) is 0 Å². The Morgan fingerprint density at radius 3 is 2.27 bits per heavy atom. The van der Waals surface area contributed by atoms with Crippen LogP contribution >= 0.6 is 27.3 Å². The van der Waals surface area contributed by atoms with Gasteiger partial charge < -0.3 is 0 Å². The number of terminal acetylenes is 1. The minimum Gasteiger partial charge on any atom is -0.238 e. The van der Waals surface area contributed by atoms with Crippen molar-refractivity contribution < 1.29 is 0 Å². The topological polar surface area (TPSA) is 12.9 Å². The minimum atomic E-state index is -1.53. The van der Waals surface area contributed by atoms with Gasteiger partial charge in [-0.15, -0.1) is 17.8 Å². The molecule has 0 N–H and O–H groups in total. The first kappa shape index (κ1) is 13.0. The van der Waals surface area contributed by atoms with Gasteiger partial charge in [-0.2, -0.15) is 0 Å². The lowest BCUT2D eigenvalue weighted by atomic mass is 10.2. The van der Waals surface area contributed by atoms with E-state index >= 15 is 0 Å². The predicted octanol–water partition coefficient (Wildman–Crippen LogP) is 3.60. The molecule has 0 aromatic carbocycles. The van der Waals surface area contributed by atoms with Gasteiger partial charge in [0.05, 0.1) is 4.63 Å². The smallest absolute Gasteiger partial charge is 0.132 e. The largest absolute Gasteiger partial charge is 0.238 e. The molecule has 0 saturated carbocycles. The lowest BCUT2D eigenvalue weighted by molar-refractivity contribution is 0.729. The first-order chi connectivity index (χ1) is 6.70. The molecule has 15 heavy (non-hydrogen) atoms. The fourth-order valence-corrected chi connectivity index (χ4v) is 5.59. The van der Waals surface area contributed by atoms with Crippen molar-refractivity contribution in [2.45, 2.75) is 38.9 Å². The van der Waals surface area contributed by atoms with Gasteiger partial charge in [0.25, 0.3) is 0 Å². The third-order valence-corrected chi connectivity index (χ3v) is 11.5. The fraction of sp³-hybridized carbons (Fsp3) is 0.545. The minimum absolute atomic E-state index is 0.302. The number of thiazole rings is 1. The maximum absolute atomic E-state index is 5.42. The highest BCUT2D eigenvalue weighted by Crippen LogP contribution is 2.37. The van der Waals surface area contributed by atoms with Crippen LogP contribution < -0.4 is 4.63 Å². The van der Waals surface area contributed by atoms with Gasteiger partial charge in [-0.3, -0.25) is 0 Å². The summed E-state index contributed by atoms with van der Waals surface area (Å²) in [5.41, 5.74) is 0. The van der Waals surface area contributed by atoms with Crippen LogP contribution in [-0.4, -0.2) is 13.1 Å². The molecule has 1 nitrogen and oxygen atoms in total. The lowest BCUT2D eigenvalue weighted by Gasteiger charge is -2.34. The van der Waals surface area contributed by atoms with Crippen molar-refractivity contribution in [2.75, 3.05) is 0 Å². The van der Waals surface area contributed by atoms with Gasteiger partial charge in [-0.1, -0.05) is 39.8 Å².